The number of aryl methyl sites for hydroxylation is 1. The number of aliphatic imine (C=N–C) groups is 1. The number of benzene rings is 1. The number of likely N-dealkylation sites (tertiary alicyclic amines) is 1. The predicted molar refractivity (Wildman–Crippen MR) is 173 cm³/mol. The number of amides is 1. The number of carbonyl (C=O) groups is 1. The molecule has 14 heteroatoms. The molecule has 1 aromatic carbocycles. The highest BCUT2D eigenvalue weighted by atomic mass is 19.4. The molecule has 5 N–H and O–H groups in total. The van der Waals surface area contributed by atoms with Crippen molar-refractivity contribution in [2.45, 2.75) is 76.7 Å². The van der Waals surface area contributed by atoms with Gasteiger partial charge in [-0.1, -0.05) is 6.07 Å². The van der Waals surface area contributed by atoms with Crippen LogP contribution in [0.1, 0.15) is 56.7 Å². The van der Waals surface area contributed by atoms with Gasteiger partial charge in [0.2, 0.25) is 5.88 Å². The molecule has 0 radical (unpaired) electrons. The Kier molecular flexibility index (Phi) is 10.6. The molecule has 5 rings (SSSR count). The number of halogens is 3. The van der Waals surface area contributed by atoms with Gasteiger partial charge in [-0.2, -0.15) is 18.3 Å². The number of hydrogen-bond acceptors (Lipinski definition) is 9. The molecule has 2 aromatic heterocycles. The number of nitrogens with zero attached hydrogens (tertiary/aromatic N) is 5. The summed E-state index contributed by atoms with van der Waals surface area (Å²) < 4.78 is 46.1. The summed E-state index contributed by atoms with van der Waals surface area (Å²) in [4.78, 5) is 28.2. The highest BCUT2D eigenvalue weighted by Gasteiger charge is 2.51. The average Bonchev–Trinajstić information content (AvgIpc) is 3.55. The van der Waals surface area contributed by atoms with Gasteiger partial charge in [0.15, 0.2) is 5.82 Å². The second-order valence-corrected chi connectivity index (χ2v) is 12.5. The van der Waals surface area contributed by atoms with Crippen molar-refractivity contribution in [1.82, 2.24) is 35.7 Å². The van der Waals surface area contributed by atoms with E-state index in [1.807, 2.05) is 37.3 Å². The monoisotopic (exact) mass is 653 g/mol. The topological polar surface area (TPSA) is 146 Å². The Labute approximate surface area is 272 Å². The fraction of sp³-hybridized carbons (Fsp3) is 0.485. The minimum absolute atomic E-state index is 0.0700. The number of rotatable bonds is 10. The van der Waals surface area contributed by atoms with Crippen molar-refractivity contribution >= 4 is 17.8 Å². The number of piperidine rings is 2. The molecule has 0 saturated carbocycles. The van der Waals surface area contributed by atoms with Gasteiger partial charge < -0.3 is 26.0 Å². The molecular weight excluding hydrogens is 611 g/mol. The minimum atomic E-state index is -4.53. The van der Waals surface area contributed by atoms with Gasteiger partial charge >= 0.3 is 6.18 Å². The second-order valence-electron chi connectivity index (χ2n) is 12.5. The van der Waals surface area contributed by atoms with Crippen molar-refractivity contribution in [2.24, 2.45) is 10.7 Å². The van der Waals surface area contributed by atoms with Crippen LogP contribution in [0.25, 0.3) is 11.1 Å². The Balaban J connectivity index is 1.12. The SMILES string of the molecule is Cc1cc(-c2ccc(OC3CCN(C4CCNCC4)CC3)nc2)ccc1N=C/C(=C\N)C(=O)NCc1nc(C(C)(C)C(F)(F)F)n[nH]1. The molecular formula is C33H42F3N9O2. The van der Waals surface area contributed by atoms with Crippen LogP contribution in [0.3, 0.4) is 0 Å². The third-order valence-corrected chi connectivity index (χ3v) is 8.86. The van der Waals surface area contributed by atoms with Gasteiger partial charge in [-0.3, -0.25) is 14.9 Å². The lowest BCUT2D eigenvalue weighted by atomic mass is 9.92. The number of nitrogens with two attached hydrogens (primary N) is 1. The zero-order chi connectivity index (χ0) is 33.6. The van der Waals surface area contributed by atoms with Crippen molar-refractivity contribution in [3.63, 3.8) is 0 Å². The number of ether oxygens (including phenoxy) is 1. The van der Waals surface area contributed by atoms with Crippen LogP contribution in [0.4, 0.5) is 18.9 Å². The second kappa shape index (κ2) is 14.6. The molecule has 0 atom stereocenters. The van der Waals surface area contributed by atoms with Crippen LogP contribution in [0.2, 0.25) is 0 Å². The predicted octanol–water partition coefficient (Wildman–Crippen LogP) is 4.47. The third kappa shape index (κ3) is 8.35. The maximum atomic E-state index is 13.3. The highest BCUT2D eigenvalue weighted by molar-refractivity contribution is 6.12. The van der Waals surface area contributed by atoms with Crippen molar-refractivity contribution in [3.05, 3.63) is 65.5 Å². The van der Waals surface area contributed by atoms with Gasteiger partial charge in [-0.05, 0) is 88.9 Å². The number of nitrogens with one attached hydrogen (secondary N) is 3. The van der Waals surface area contributed by atoms with Crippen molar-refractivity contribution in [3.8, 4) is 17.0 Å². The van der Waals surface area contributed by atoms with Gasteiger partial charge in [0.25, 0.3) is 5.91 Å². The van der Waals surface area contributed by atoms with Gasteiger partial charge in [-0.25, -0.2) is 9.97 Å². The maximum absolute atomic E-state index is 13.3. The van der Waals surface area contributed by atoms with Crippen LogP contribution in [0.5, 0.6) is 5.88 Å². The maximum Gasteiger partial charge on any atom is 0.401 e. The van der Waals surface area contributed by atoms with Crippen molar-refractivity contribution in [1.29, 1.82) is 0 Å². The molecule has 2 saturated heterocycles. The van der Waals surface area contributed by atoms with Crippen LogP contribution in [-0.2, 0) is 16.8 Å². The Bertz CT molecular complexity index is 1570. The fourth-order valence-corrected chi connectivity index (χ4v) is 5.67. The largest absolute Gasteiger partial charge is 0.474 e. The molecule has 0 bridgehead atoms. The summed E-state index contributed by atoms with van der Waals surface area (Å²) in [5, 5.41) is 12.1. The Hall–Kier alpha value is -4.30. The molecule has 0 unspecified atom stereocenters. The number of aromatic nitrogens is 4. The number of H-pyrrole nitrogens is 1. The third-order valence-electron chi connectivity index (χ3n) is 8.86. The van der Waals surface area contributed by atoms with E-state index in [-0.39, 0.29) is 24.0 Å². The van der Waals surface area contributed by atoms with Crippen molar-refractivity contribution < 1.29 is 22.7 Å². The molecule has 0 spiro atoms. The van der Waals surface area contributed by atoms with E-state index in [0.717, 1.165) is 75.8 Å². The fourth-order valence-electron chi connectivity index (χ4n) is 5.67. The average molecular weight is 654 g/mol. The van der Waals surface area contributed by atoms with E-state index in [0.29, 0.717) is 17.6 Å². The van der Waals surface area contributed by atoms with Gasteiger partial charge in [-0.15, -0.1) is 0 Å². The summed E-state index contributed by atoms with van der Waals surface area (Å²) in [7, 11) is 0. The molecule has 47 heavy (non-hydrogen) atoms. The van der Waals surface area contributed by atoms with E-state index in [9.17, 15) is 18.0 Å². The lowest BCUT2D eigenvalue weighted by Crippen LogP contribution is -2.48. The Morgan fingerprint density at radius 2 is 1.85 bits per heavy atom. The molecule has 11 nitrogen and oxygen atoms in total. The van der Waals surface area contributed by atoms with E-state index in [2.05, 4.69) is 40.7 Å². The number of hydrogen-bond donors (Lipinski definition) is 4. The van der Waals surface area contributed by atoms with Gasteiger partial charge in [0.05, 0.1) is 17.8 Å². The summed E-state index contributed by atoms with van der Waals surface area (Å²) in [6.07, 6.45) is 4.33. The zero-order valence-electron chi connectivity index (χ0n) is 26.9. The first-order chi connectivity index (χ1) is 22.4. The molecule has 2 fully saturated rings. The summed E-state index contributed by atoms with van der Waals surface area (Å²) >= 11 is 0. The van der Waals surface area contributed by atoms with E-state index in [4.69, 9.17) is 10.5 Å². The van der Waals surface area contributed by atoms with Crippen LogP contribution in [0.15, 0.2) is 53.3 Å². The quantitative estimate of drug-likeness (QED) is 0.185. The smallest absolute Gasteiger partial charge is 0.401 e. The molecule has 1 amide bonds. The van der Waals surface area contributed by atoms with Crippen LogP contribution >= 0.6 is 0 Å². The molecule has 252 valence electrons. The lowest BCUT2D eigenvalue weighted by Gasteiger charge is -2.39. The van der Waals surface area contributed by atoms with E-state index >= 15 is 0 Å². The number of carbonyl (C=O) groups excluding carboxylic acids is 1. The van der Waals surface area contributed by atoms with Gasteiger partial charge in [0.1, 0.15) is 17.3 Å². The molecule has 2 aliphatic heterocycles. The van der Waals surface area contributed by atoms with Crippen molar-refractivity contribution in [2.75, 3.05) is 26.2 Å². The first kappa shape index (κ1) is 34.0. The molecule has 2 aliphatic rings. The Morgan fingerprint density at radius 1 is 1.13 bits per heavy atom. The Morgan fingerprint density at radius 3 is 2.49 bits per heavy atom. The lowest BCUT2D eigenvalue weighted by molar-refractivity contribution is -0.182. The molecule has 4 heterocycles. The molecule has 3 aromatic rings. The first-order valence-electron chi connectivity index (χ1n) is 15.9. The summed E-state index contributed by atoms with van der Waals surface area (Å²) in [6.45, 7) is 8.04. The highest BCUT2D eigenvalue weighted by Crippen LogP contribution is 2.38. The van der Waals surface area contributed by atoms with Gasteiger partial charge in [0, 0.05) is 49.4 Å². The number of pyridine rings is 1. The number of alkyl halides is 3. The van der Waals surface area contributed by atoms with Crippen LogP contribution in [-0.4, -0.2) is 81.7 Å². The van der Waals surface area contributed by atoms with Crippen LogP contribution in [0, 0.1) is 6.92 Å². The number of aromatic amines is 1. The first-order valence-corrected chi connectivity index (χ1v) is 15.9. The summed E-state index contributed by atoms with van der Waals surface area (Å²) in [5.74, 6) is -0.282. The zero-order valence-corrected chi connectivity index (χ0v) is 26.9. The summed E-state index contributed by atoms with van der Waals surface area (Å²) in [5.41, 5.74) is 6.90. The van der Waals surface area contributed by atoms with Crippen LogP contribution < -0.4 is 21.1 Å². The van der Waals surface area contributed by atoms with E-state index in [1.54, 1.807) is 6.20 Å². The summed E-state index contributed by atoms with van der Waals surface area (Å²) in [6, 6.07) is 10.3. The standard InChI is InChI=1S/C33H42F3N9O2/c1-21-16-22(23-5-7-29(40-18-23)47-26-10-14-45(15-11-26)25-8-12-38-13-9-25)4-6-27(21)39-19-24(17-37)30(46)41-20-28-42-31(44-43-28)32(2,3)33(34,35)36/h4-7,16-19,25-26,38H,8-15,20,37H2,1-3H3,(H,41,46)(H,42,43,44)/b24-17+,39-19?. The van der Waals surface area contributed by atoms with E-state index < -0.39 is 23.3 Å². The van der Waals surface area contributed by atoms with E-state index in [1.165, 1.54) is 19.1 Å². The minimum Gasteiger partial charge on any atom is -0.474 e. The molecule has 0 aliphatic carbocycles. The normalized spacial score (nSPS) is 17.7.